The Morgan fingerprint density at radius 2 is 1.87 bits per heavy atom. The van der Waals surface area contributed by atoms with Crippen LogP contribution in [0.25, 0.3) is 0 Å². The lowest BCUT2D eigenvalue weighted by Crippen LogP contribution is -2.32. The second kappa shape index (κ2) is 7.31. The number of amides is 1. The van der Waals surface area contributed by atoms with E-state index in [0.717, 1.165) is 23.2 Å². The lowest BCUT2D eigenvalue weighted by Gasteiger charge is -2.25. The number of anilines is 1. The van der Waals surface area contributed by atoms with Gasteiger partial charge in [-0.05, 0) is 56.9 Å². The summed E-state index contributed by atoms with van der Waals surface area (Å²) in [7, 11) is -0.485. The number of methoxy groups -OCH3 is 1. The smallest absolute Gasteiger partial charge is 0.244 e. The van der Waals surface area contributed by atoms with Gasteiger partial charge in [-0.1, -0.05) is 0 Å². The summed E-state index contributed by atoms with van der Waals surface area (Å²) >= 11 is 0. The Bertz CT molecular complexity index is 1150. The van der Waals surface area contributed by atoms with Gasteiger partial charge in [0.1, 0.15) is 17.4 Å². The summed E-state index contributed by atoms with van der Waals surface area (Å²) in [6, 6.07) is 2.97. The highest BCUT2D eigenvalue weighted by Gasteiger charge is 2.40. The first-order valence-electron chi connectivity index (χ1n) is 9.96. The molecule has 2 aliphatic heterocycles. The number of sulfonamides is 1. The van der Waals surface area contributed by atoms with Crippen molar-refractivity contribution in [3.8, 4) is 5.75 Å². The molecular formula is C21H26N4O4S. The van der Waals surface area contributed by atoms with E-state index in [1.54, 1.807) is 33.2 Å². The maximum Gasteiger partial charge on any atom is 0.244 e. The number of likely N-dealkylation sites (N-methyl/N-ethyl adjacent to an activating group) is 1. The molecule has 0 N–H and O–H groups in total. The molecule has 8 nitrogen and oxygen atoms in total. The van der Waals surface area contributed by atoms with Crippen LogP contribution in [0.3, 0.4) is 0 Å². The number of carbonyl (C=O) groups excluding carboxylic acids is 1. The van der Waals surface area contributed by atoms with Crippen molar-refractivity contribution >= 4 is 21.7 Å². The van der Waals surface area contributed by atoms with Gasteiger partial charge >= 0.3 is 0 Å². The molecule has 0 saturated carbocycles. The summed E-state index contributed by atoms with van der Waals surface area (Å²) in [5.41, 5.74) is 2.95. The molecule has 9 heteroatoms. The maximum absolute atomic E-state index is 13.6. The lowest BCUT2D eigenvalue weighted by molar-refractivity contribution is -0.117. The number of ether oxygens (including phenoxy) is 1. The Hall–Kier alpha value is -2.52. The number of fused-ring (bicyclic) bond motifs is 1. The molecule has 1 aromatic carbocycles. The number of hydrogen-bond donors (Lipinski definition) is 0. The zero-order chi connectivity index (χ0) is 21.8. The minimum absolute atomic E-state index is 0.0280. The van der Waals surface area contributed by atoms with Crippen LogP contribution >= 0.6 is 0 Å². The van der Waals surface area contributed by atoms with Crippen molar-refractivity contribution in [1.29, 1.82) is 0 Å². The van der Waals surface area contributed by atoms with Crippen LogP contribution in [0.5, 0.6) is 5.75 Å². The van der Waals surface area contributed by atoms with Gasteiger partial charge in [-0.15, -0.1) is 0 Å². The zero-order valence-electron chi connectivity index (χ0n) is 17.9. The summed E-state index contributed by atoms with van der Waals surface area (Å²) in [5.74, 6) is 1.68. The van der Waals surface area contributed by atoms with Crippen molar-refractivity contribution in [1.82, 2.24) is 14.3 Å². The predicted molar refractivity (Wildman–Crippen MR) is 112 cm³/mol. The minimum atomic E-state index is -3.75. The molecule has 0 spiro atoms. The second-order valence-electron chi connectivity index (χ2n) is 7.96. The van der Waals surface area contributed by atoms with Gasteiger partial charge in [-0.3, -0.25) is 9.69 Å². The molecule has 0 aliphatic carbocycles. The Kier molecular flexibility index (Phi) is 5.06. The fraction of sp³-hybridized carbons (Fsp3) is 0.476. The van der Waals surface area contributed by atoms with Crippen LogP contribution in [-0.4, -0.2) is 49.3 Å². The molecule has 3 heterocycles. The maximum atomic E-state index is 13.6. The van der Waals surface area contributed by atoms with Gasteiger partial charge in [-0.2, -0.15) is 4.31 Å². The van der Waals surface area contributed by atoms with Crippen LogP contribution in [0.4, 0.5) is 5.82 Å². The van der Waals surface area contributed by atoms with E-state index in [9.17, 15) is 13.2 Å². The van der Waals surface area contributed by atoms with Crippen molar-refractivity contribution in [2.45, 2.75) is 51.0 Å². The van der Waals surface area contributed by atoms with E-state index in [1.807, 2.05) is 13.8 Å². The molecule has 2 aromatic rings. The standard InChI is InChI=1S/C21H26N4O4S/c1-12-10-18(13(2)9-17(12)29-5)30(27,28)25-8-6-7-16(25)20-22-14(3)15-11-19(26)24(4)21(15)23-20/h9-10,16H,6-8,11H2,1-5H3. The van der Waals surface area contributed by atoms with Gasteiger partial charge in [0.25, 0.3) is 0 Å². The molecule has 0 bridgehead atoms. The molecule has 4 rings (SSSR count). The van der Waals surface area contributed by atoms with E-state index < -0.39 is 16.1 Å². The number of hydrogen-bond acceptors (Lipinski definition) is 6. The number of rotatable bonds is 4. The highest BCUT2D eigenvalue weighted by molar-refractivity contribution is 7.89. The molecule has 1 amide bonds. The van der Waals surface area contributed by atoms with Gasteiger partial charge in [0, 0.05) is 24.8 Å². The fourth-order valence-corrected chi connectivity index (χ4v) is 6.25. The van der Waals surface area contributed by atoms with E-state index in [2.05, 4.69) is 9.97 Å². The number of benzene rings is 1. The van der Waals surface area contributed by atoms with E-state index in [0.29, 0.717) is 35.9 Å². The molecule has 0 radical (unpaired) electrons. The molecular weight excluding hydrogens is 404 g/mol. The minimum Gasteiger partial charge on any atom is -0.496 e. The van der Waals surface area contributed by atoms with Gasteiger partial charge < -0.3 is 4.74 Å². The summed E-state index contributed by atoms with van der Waals surface area (Å²) in [6.07, 6.45) is 1.66. The molecule has 160 valence electrons. The third-order valence-corrected chi connectivity index (χ3v) is 8.06. The van der Waals surface area contributed by atoms with Crippen molar-refractivity contribution in [2.24, 2.45) is 0 Å². The molecule has 1 atom stereocenters. The van der Waals surface area contributed by atoms with Gasteiger partial charge in [0.2, 0.25) is 15.9 Å². The van der Waals surface area contributed by atoms with Crippen LogP contribution < -0.4 is 9.64 Å². The molecule has 30 heavy (non-hydrogen) atoms. The van der Waals surface area contributed by atoms with Crippen molar-refractivity contribution in [3.05, 3.63) is 40.3 Å². The Morgan fingerprint density at radius 1 is 1.13 bits per heavy atom. The zero-order valence-corrected chi connectivity index (χ0v) is 18.7. The summed E-state index contributed by atoms with van der Waals surface area (Å²) in [5, 5.41) is 0. The van der Waals surface area contributed by atoms with E-state index >= 15 is 0 Å². The number of aryl methyl sites for hydroxylation is 3. The summed E-state index contributed by atoms with van der Waals surface area (Å²) in [4.78, 5) is 23.1. The van der Waals surface area contributed by atoms with Crippen LogP contribution in [0.15, 0.2) is 17.0 Å². The average molecular weight is 431 g/mol. The normalized spacial score (nSPS) is 19.4. The van der Waals surface area contributed by atoms with Crippen molar-refractivity contribution < 1.29 is 17.9 Å². The highest BCUT2D eigenvalue weighted by atomic mass is 32.2. The molecule has 1 saturated heterocycles. The summed E-state index contributed by atoms with van der Waals surface area (Å²) < 4.78 is 34.0. The molecule has 2 aliphatic rings. The quantitative estimate of drug-likeness (QED) is 0.740. The number of carbonyl (C=O) groups is 1. The largest absolute Gasteiger partial charge is 0.496 e. The predicted octanol–water partition coefficient (Wildman–Crippen LogP) is 2.46. The van der Waals surface area contributed by atoms with Crippen molar-refractivity contribution in [2.75, 3.05) is 25.6 Å². The van der Waals surface area contributed by atoms with Gasteiger partial charge in [0.05, 0.1) is 24.5 Å². The molecule has 1 aromatic heterocycles. The van der Waals surface area contributed by atoms with Crippen LogP contribution in [-0.2, 0) is 21.2 Å². The Morgan fingerprint density at radius 3 is 2.57 bits per heavy atom. The number of aromatic nitrogens is 2. The van der Waals surface area contributed by atoms with Crippen LogP contribution in [0.1, 0.15) is 47.1 Å². The van der Waals surface area contributed by atoms with E-state index in [-0.39, 0.29) is 17.2 Å². The highest BCUT2D eigenvalue weighted by Crippen LogP contribution is 2.39. The molecule has 1 unspecified atom stereocenters. The van der Waals surface area contributed by atoms with E-state index in [1.165, 1.54) is 9.21 Å². The Labute approximate surface area is 176 Å². The lowest BCUT2D eigenvalue weighted by atomic mass is 10.1. The van der Waals surface area contributed by atoms with E-state index in [4.69, 9.17) is 4.74 Å². The second-order valence-corrected chi connectivity index (χ2v) is 9.82. The monoisotopic (exact) mass is 430 g/mol. The van der Waals surface area contributed by atoms with Crippen molar-refractivity contribution in [3.63, 3.8) is 0 Å². The topological polar surface area (TPSA) is 92.7 Å². The SMILES string of the molecule is COc1cc(C)c(S(=O)(=O)N2CCCC2c2nc(C)c3c(n2)N(C)C(=O)C3)cc1C. The first-order valence-corrected chi connectivity index (χ1v) is 11.4. The first-order chi connectivity index (χ1) is 14.1. The first kappa shape index (κ1) is 20.7. The van der Waals surface area contributed by atoms with Crippen LogP contribution in [0.2, 0.25) is 0 Å². The van der Waals surface area contributed by atoms with Crippen LogP contribution in [0, 0.1) is 20.8 Å². The van der Waals surface area contributed by atoms with Gasteiger partial charge in [-0.25, -0.2) is 18.4 Å². The molecule has 1 fully saturated rings. The Balaban J connectivity index is 1.76. The fourth-order valence-electron chi connectivity index (χ4n) is 4.30. The average Bonchev–Trinajstić information content (AvgIpc) is 3.30. The third-order valence-electron chi connectivity index (χ3n) is 6.01. The summed E-state index contributed by atoms with van der Waals surface area (Å²) in [6.45, 7) is 5.86. The number of nitrogens with zero attached hydrogens (tertiary/aromatic N) is 4. The third kappa shape index (κ3) is 3.16. The van der Waals surface area contributed by atoms with Gasteiger partial charge in [0.15, 0.2) is 0 Å².